The van der Waals surface area contributed by atoms with E-state index in [1.165, 1.54) is 21.9 Å². The molecule has 0 aromatic heterocycles. The van der Waals surface area contributed by atoms with Crippen LogP contribution in [0.4, 0.5) is 5.69 Å². The summed E-state index contributed by atoms with van der Waals surface area (Å²) in [6, 6.07) is 20.2. The first-order valence-corrected chi connectivity index (χ1v) is 10.7. The summed E-state index contributed by atoms with van der Waals surface area (Å²) in [5.41, 5.74) is 1.35. The molecule has 32 heavy (non-hydrogen) atoms. The van der Waals surface area contributed by atoms with Crippen LogP contribution in [0.25, 0.3) is 6.08 Å². The molecule has 160 valence electrons. The molecule has 1 N–H and O–H groups in total. The average molecular weight is 483 g/mol. The van der Waals surface area contributed by atoms with Gasteiger partial charge in [-0.15, -0.1) is 0 Å². The Bertz CT molecular complexity index is 1260. The second-order valence-electron chi connectivity index (χ2n) is 7.00. The summed E-state index contributed by atoms with van der Waals surface area (Å²) >= 11 is 17.9. The SMILES string of the molecule is O=C1/C(=C\c2ccccc2O)C(=O)N(c2ccccc2)C(=S)N1Cc1ccc(Cl)cc1Cl. The number of hydrogen-bond acceptors (Lipinski definition) is 4. The number of benzene rings is 3. The molecule has 0 aliphatic carbocycles. The number of anilines is 1. The Labute approximate surface area is 200 Å². The van der Waals surface area contributed by atoms with Crippen LogP contribution in [0.3, 0.4) is 0 Å². The number of carbonyl (C=O) groups is 2. The Morgan fingerprint density at radius 1 is 0.906 bits per heavy atom. The molecule has 1 aliphatic heterocycles. The van der Waals surface area contributed by atoms with Crippen LogP contribution in [0.15, 0.2) is 78.4 Å². The van der Waals surface area contributed by atoms with Crippen molar-refractivity contribution in [3.63, 3.8) is 0 Å². The number of hydrogen-bond donors (Lipinski definition) is 1. The van der Waals surface area contributed by atoms with Crippen LogP contribution in [-0.2, 0) is 16.1 Å². The summed E-state index contributed by atoms with van der Waals surface area (Å²) in [6.07, 6.45) is 1.37. The van der Waals surface area contributed by atoms with Crippen LogP contribution in [-0.4, -0.2) is 26.9 Å². The molecule has 2 amide bonds. The third kappa shape index (κ3) is 4.25. The summed E-state index contributed by atoms with van der Waals surface area (Å²) < 4.78 is 0. The molecule has 0 saturated carbocycles. The molecule has 4 rings (SSSR count). The van der Waals surface area contributed by atoms with Crippen LogP contribution < -0.4 is 4.90 Å². The number of aromatic hydroxyl groups is 1. The minimum atomic E-state index is -0.582. The average Bonchev–Trinajstić information content (AvgIpc) is 2.77. The Balaban J connectivity index is 1.82. The molecule has 1 fully saturated rings. The number of phenols is 1. The van der Waals surface area contributed by atoms with E-state index in [-0.39, 0.29) is 23.0 Å². The standard InChI is InChI=1S/C24H16Cl2N2O3S/c25-17-11-10-16(20(26)13-17)14-27-22(30)19(12-15-6-4-5-9-21(15)29)23(31)28(24(27)32)18-7-2-1-3-8-18/h1-13,29H,14H2/b19-12+. The normalized spacial score (nSPS) is 15.6. The molecule has 1 saturated heterocycles. The molecule has 0 spiro atoms. The fourth-order valence-corrected chi connectivity index (χ4v) is 4.11. The molecule has 8 heteroatoms. The minimum absolute atomic E-state index is 0.0339. The van der Waals surface area contributed by atoms with Crippen molar-refractivity contribution in [1.82, 2.24) is 4.90 Å². The van der Waals surface area contributed by atoms with Gasteiger partial charge in [-0.3, -0.25) is 19.4 Å². The second-order valence-corrected chi connectivity index (χ2v) is 8.21. The van der Waals surface area contributed by atoms with Crippen molar-refractivity contribution in [3.8, 4) is 5.75 Å². The molecule has 3 aromatic carbocycles. The molecular weight excluding hydrogens is 467 g/mol. The van der Waals surface area contributed by atoms with Gasteiger partial charge in [0.25, 0.3) is 11.8 Å². The summed E-state index contributed by atoms with van der Waals surface area (Å²) in [5, 5.41) is 11.0. The Morgan fingerprint density at radius 2 is 1.59 bits per heavy atom. The van der Waals surface area contributed by atoms with Gasteiger partial charge < -0.3 is 5.11 Å². The Hall–Kier alpha value is -3.19. The number of carbonyl (C=O) groups excluding carboxylic acids is 2. The van der Waals surface area contributed by atoms with E-state index in [9.17, 15) is 14.7 Å². The first kappa shape index (κ1) is 22.0. The summed E-state index contributed by atoms with van der Waals surface area (Å²) in [6.45, 7) is 0.0440. The van der Waals surface area contributed by atoms with Gasteiger partial charge in [-0.2, -0.15) is 0 Å². The van der Waals surface area contributed by atoms with Crippen molar-refractivity contribution in [2.45, 2.75) is 6.54 Å². The molecular formula is C24H16Cl2N2O3S. The number of nitrogens with zero attached hydrogens (tertiary/aromatic N) is 2. The van der Waals surface area contributed by atoms with Crippen molar-refractivity contribution in [1.29, 1.82) is 0 Å². The smallest absolute Gasteiger partial charge is 0.270 e. The van der Waals surface area contributed by atoms with Gasteiger partial charge >= 0.3 is 0 Å². The van der Waals surface area contributed by atoms with E-state index >= 15 is 0 Å². The lowest BCUT2D eigenvalue weighted by atomic mass is 10.0. The Kier molecular flexibility index (Phi) is 6.28. The molecule has 0 atom stereocenters. The maximum atomic E-state index is 13.4. The highest BCUT2D eigenvalue weighted by Crippen LogP contribution is 2.30. The molecule has 1 heterocycles. The van der Waals surface area contributed by atoms with Crippen molar-refractivity contribution in [3.05, 3.63) is 99.5 Å². The lowest BCUT2D eigenvalue weighted by molar-refractivity contribution is -0.128. The highest BCUT2D eigenvalue weighted by atomic mass is 35.5. The van der Waals surface area contributed by atoms with Crippen molar-refractivity contribution in [2.75, 3.05) is 4.90 Å². The fraction of sp³-hybridized carbons (Fsp3) is 0.0417. The number of amides is 2. The number of halogens is 2. The van der Waals surface area contributed by atoms with Crippen molar-refractivity contribution >= 4 is 64.1 Å². The first-order valence-electron chi connectivity index (χ1n) is 9.56. The molecule has 5 nitrogen and oxygen atoms in total. The number of rotatable bonds is 4. The lowest BCUT2D eigenvalue weighted by Gasteiger charge is -2.36. The van der Waals surface area contributed by atoms with Crippen LogP contribution in [0.1, 0.15) is 11.1 Å². The van der Waals surface area contributed by atoms with Gasteiger partial charge in [-0.05, 0) is 54.2 Å². The second kappa shape index (κ2) is 9.12. The topological polar surface area (TPSA) is 60.9 Å². The van der Waals surface area contributed by atoms with Crippen LogP contribution in [0, 0.1) is 0 Å². The van der Waals surface area contributed by atoms with Gasteiger partial charge in [-0.1, -0.05) is 65.7 Å². The van der Waals surface area contributed by atoms with Crippen LogP contribution in [0.5, 0.6) is 5.75 Å². The maximum Gasteiger partial charge on any atom is 0.270 e. The highest BCUT2D eigenvalue weighted by Gasteiger charge is 2.40. The van der Waals surface area contributed by atoms with Crippen LogP contribution >= 0.6 is 35.4 Å². The van der Waals surface area contributed by atoms with E-state index < -0.39 is 11.8 Å². The van der Waals surface area contributed by atoms with E-state index in [4.69, 9.17) is 35.4 Å². The summed E-state index contributed by atoms with van der Waals surface area (Å²) in [5.74, 6) is -1.21. The number of phenolic OH excluding ortho intramolecular Hbond substituents is 1. The van der Waals surface area contributed by atoms with E-state index in [2.05, 4.69) is 0 Å². The molecule has 3 aromatic rings. The summed E-state index contributed by atoms with van der Waals surface area (Å²) in [7, 11) is 0. The third-order valence-electron chi connectivity index (χ3n) is 4.93. The molecule has 0 radical (unpaired) electrons. The zero-order chi connectivity index (χ0) is 22.8. The van der Waals surface area contributed by atoms with Gasteiger partial charge in [0.1, 0.15) is 11.3 Å². The van der Waals surface area contributed by atoms with E-state index in [0.29, 0.717) is 26.9 Å². The van der Waals surface area contributed by atoms with E-state index in [1.807, 2.05) is 6.07 Å². The van der Waals surface area contributed by atoms with Gasteiger partial charge in [0.2, 0.25) is 0 Å². The highest BCUT2D eigenvalue weighted by molar-refractivity contribution is 7.80. The van der Waals surface area contributed by atoms with Gasteiger partial charge in [0, 0.05) is 15.6 Å². The molecule has 1 aliphatic rings. The maximum absolute atomic E-state index is 13.4. The predicted octanol–water partition coefficient (Wildman–Crippen LogP) is 5.44. The van der Waals surface area contributed by atoms with Gasteiger partial charge in [0.05, 0.1) is 12.2 Å². The molecule has 0 unspecified atom stereocenters. The summed E-state index contributed by atoms with van der Waals surface area (Å²) in [4.78, 5) is 29.4. The zero-order valence-corrected chi connectivity index (χ0v) is 18.9. The fourth-order valence-electron chi connectivity index (χ4n) is 3.30. The quantitative estimate of drug-likeness (QED) is 0.305. The number of thiocarbonyl (C=S) groups is 1. The van der Waals surface area contributed by atoms with Crippen molar-refractivity contribution in [2.24, 2.45) is 0 Å². The third-order valence-corrected chi connectivity index (χ3v) is 5.92. The minimum Gasteiger partial charge on any atom is -0.507 e. The van der Waals surface area contributed by atoms with Crippen molar-refractivity contribution < 1.29 is 14.7 Å². The van der Waals surface area contributed by atoms with Crippen LogP contribution in [0.2, 0.25) is 10.0 Å². The van der Waals surface area contributed by atoms with Gasteiger partial charge in [-0.25, -0.2) is 0 Å². The monoisotopic (exact) mass is 482 g/mol. The lowest BCUT2D eigenvalue weighted by Crippen LogP contribution is -2.56. The Morgan fingerprint density at radius 3 is 2.28 bits per heavy atom. The number of para-hydroxylation sites is 2. The van der Waals surface area contributed by atoms with E-state index in [1.54, 1.807) is 60.7 Å². The van der Waals surface area contributed by atoms with Gasteiger partial charge in [0.15, 0.2) is 5.11 Å². The van der Waals surface area contributed by atoms with E-state index in [0.717, 1.165) is 0 Å². The largest absolute Gasteiger partial charge is 0.507 e. The zero-order valence-electron chi connectivity index (χ0n) is 16.5. The predicted molar refractivity (Wildman–Crippen MR) is 130 cm³/mol. The molecule has 0 bridgehead atoms. The first-order chi connectivity index (χ1) is 15.4.